The van der Waals surface area contributed by atoms with Crippen molar-refractivity contribution in [3.05, 3.63) is 36.4 Å². The minimum absolute atomic E-state index is 0.0410. The molecule has 200 valence electrons. The molecule has 1 spiro atoms. The number of piperazine rings is 1. The number of fused-ring (bicyclic) bond motifs is 1. The van der Waals surface area contributed by atoms with Crippen LogP contribution in [-0.4, -0.2) is 92.0 Å². The molecule has 9 heteroatoms. The summed E-state index contributed by atoms with van der Waals surface area (Å²) in [6.07, 6.45) is 7.87. The van der Waals surface area contributed by atoms with Gasteiger partial charge in [-0.25, -0.2) is 9.37 Å². The molecular formula is C29H35FN6O2. The zero-order chi connectivity index (χ0) is 25.9. The van der Waals surface area contributed by atoms with Crippen LogP contribution < -0.4 is 19.3 Å². The second-order valence-corrected chi connectivity index (χ2v) is 11.3. The molecule has 0 radical (unpaired) electrons. The van der Waals surface area contributed by atoms with Crippen LogP contribution in [0.2, 0.25) is 0 Å². The first-order valence-electron chi connectivity index (χ1n) is 13.8. The van der Waals surface area contributed by atoms with Crippen molar-refractivity contribution in [2.75, 3.05) is 76.5 Å². The van der Waals surface area contributed by atoms with E-state index in [-0.39, 0.29) is 11.4 Å². The van der Waals surface area contributed by atoms with Crippen molar-refractivity contribution in [3.8, 4) is 22.8 Å². The van der Waals surface area contributed by atoms with Crippen molar-refractivity contribution in [3.63, 3.8) is 0 Å². The third-order valence-electron chi connectivity index (χ3n) is 8.88. The van der Waals surface area contributed by atoms with Crippen LogP contribution in [0.4, 0.5) is 15.8 Å². The van der Waals surface area contributed by atoms with E-state index in [9.17, 15) is 0 Å². The lowest BCUT2D eigenvalue weighted by Gasteiger charge is -2.48. The van der Waals surface area contributed by atoms with Gasteiger partial charge in [0.1, 0.15) is 18.2 Å². The average molecular weight is 519 g/mol. The number of halogens is 1. The van der Waals surface area contributed by atoms with E-state index in [1.165, 1.54) is 12.5 Å². The topological polar surface area (TPSA) is 57.2 Å². The normalized spacial score (nSPS) is 20.5. The van der Waals surface area contributed by atoms with Crippen molar-refractivity contribution in [1.82, 2.24) is 19.8 Å². The second kappa shape index (κ2) is 9.24. The first kappa shape index (κ1) is 23.9. The molecule has 1 aliphatic carbocycles. The number of hydrogen-bond acceptors (Lipinski definition) is 8. The van der Waals surface area contributed by atoms with E-state index in [1.807, 2.05) is 18.3 Å². The summed E-state index contributed by atoms with van der Waals surface area (Å²) < 4.78 is 28.1. The number of ether oxygens (including phenoxy) is 2. The fourth-order valence-electron chi connectivity index (χ4n) is 6.41. The van der Waals surface area contributed by atoms with Crippen LogP contribution >= 0.6 is 0 Å². The van der Waals surface area contributed by atoms with Crippen LogP contribution in [0.25, 0.3) is 22.0 Å². The maximum Gasteiger partial charge on any atom is 0.213 e. The Kier molecular flexibility index (Phi) is 5.81. The van der Waals surface area contributed by atoms with Crippen LogP contribution in [-0.2, 0) is 0 Å². The van der Waals surface area contributed by atoms with Gasteiger partial charge in [-0.15, -0.1) is 0 Å². The van der Waals surface area contributed by atoms with Crippen LogP contribution in [0, 0.1) is 5.82 Å². The van der Waals surface area contributed by atoms with Crippen molar-refractivity contribution < 1.29 is 13.9 Å². The molecule has 3 aliphatic heterocycles. The molecule has 2 fully saturated rings. The molecule has 1 saturated heterocycles. The third kappa shape index (κ3) is 3.86. The highest BCUT2D eigenvalue weighted by Gasteiger charge is 2.49. The predicted octanol–water partition coefficient (Wildman–Crippen LogP) is 3.98. The Morgan fingerprint density at radius 1 is 1.08 bits per heavy atom. The summed E-state index contributed by atoms with van der Waals surface area (Å²) in [5.41, 5.74) is 3.92. The highest BCUT2D eigenvalue weighted by molar-refractivity contribution is 6.07. The van der Waals surface area contributed by atoms with E-state index >= 15 is 4.39 Å². The van der Waals surface area contributed by atoms with E-state index in [2.05, 4.69) is 43.7 Å². The van der Waals surface area contributed by atoms with Gasteiger partial charge >= 0.3 is 0 Å². The molecule has 0 N–H and O–H groups in total. The molecule has 0 atom stereocenters. The summed E-state index contributed by atoms with van der Waals surface area (Å²) in [5, 5.41) is 0.899. The van der Waals surface area contributed by atoms with E-state index in [0.717, 1.165) is 75.4 Å². The quantitative estimate of drug-likeness (QED) is 0.455. The van der Waals surface area contributed by atoms with Crippen molar-refractivity contribution in [2.45, 2.75) is 31.2 Å². The predicted molar refractivity (Wildman–Crippen MR) is 147 cm³/mol. The maximum absolute atomic E-state index is 15.7. The molecule has 3 aromatic rings. The summed E-state index contributed by atoms with van der Waals surface area (Å²) in [5.74, 6) is 0.796. The lowest BCUT2D eigenvalue weighted by molar-refractivity contribution is 0.137. The number of rotatable bonds is 6. The highest BCUT2D eigenvalue weighted by atomic mass is 19.1. The molecule has 0 amide bonds. The number of pyridine rings is 2. The van der Waals surface area contributed by atoms with Gasteiger partial charge in [0.05, 0.1) is 52.9 Å². The van der Waals surface area contributed by atoms with Crippen LogP contribution in [0.3, 0.4) is 0 Å². The molecule has 0 unspecified atom stereocenters. The standard InChI is InChI=1S/C29H35FN6O2/c1-33-10-12-35(13-11-33)9-4-14-37-24-6-5-20(16-32-24)25-21(30)15-22-26-27-23(17-31-22)34(2)19-36(27)29(7-3-8-29)18-38-28(25)26/h5-6,15-17H,3-4,7-14,18-19H2,1-2H3. The van der Waals surface area contributed by atoms with Crippen LogP contribution in [0.1, 0.15) is 25.7 Å². The Hall–Kier alpha value is -3.17. The van der Waals surface area contributed by atoms with Gasteiger partial charge in [-0.05, 0) is 38.8 Å². The van der Waals surface area contributed by atoms with Gasteiger partial charge in [-0.3, -0.25) is 4.98 Å². The number of nitrogens with zero attached hydrogens (tertiary/aromatic N) is 6. The monoisotopic (exact) mass is 518 g/mol. The van der Waals surface area contributed by atoms with Gasteiger partial charge in [0, 0.05) is 63.7 Å². The van der Waals surface area contributed by atoms with Gasteiger partial charge in [-0.2, -0.15) is 0 Å². The first-order chi connectivity index (χ1) is 18.5. The Bertz CT molecular complexity index is 1350. The van der Waals surface area contributed by atoms with Crippen LogP contribution in [0.5, 0.6) is 11.6 Å². The third-order valence-corrected chi connectivity index (χ3v) is 8.88. The van der Waals surface area contributed by atoms with E-state index in [1.54, 1.807) is 6.20 Å². The summed E-state index contributed by atoms with van der Waals surface area (Å²) >= 11 is 0. The minimum atomic E-state index is -0.343. The molecule has 1 aromatic carbocycles. The fraction of sp³-hybridized carbons (Fsp3) is 0.517. The van der Waals surface area contributed by atoms with Crippen molar-refractivity contribution in [1.29, 1.82) is 0 Å². The summed E-state index contributed by atoms with van der Waals surface area (Å²) in [6.45, 7) is 7.45. The van der Waals surface area contributed by atoms with Gasteiger partial charge in [-0.1, -0.05) is 0 Å². The second-order valence-electron chi connectivity index (χ2n) is 11.3. The maximum atomic E-state index is 15.7. The van der Waals surface area contributed by atoms with Gasteiger partial charge < -0.3 is 29.1 Å². The summed E-state index contributed by atoms with van der Waals surface area (Å²) in [6, 6.07) is 5.26. The summed E-state index contributed by atoms with van der Waals surface area (Å²) in [4.78, 5) is 18.7. The molecule has 0 bridgehead atoms. The Balaban J connectivity index is 1.15. The smallest absolute Gasteiger partial charge is 0.213 e. The first-order valence-corrected chi connectivity index (χ1v) is 13.8. The molecule has 2 aromatic heterocycles. The van der Waals surface area contributed by atoms with Crippen molar-refractivity contribution in [2.24, 2.45) is 0 Å². The number of hydrogen-bond donors (Lipinski definition) is 0. The fourth-order valence-corrected chi connectivity index (χ4v) is 6.41. The summed E-state index contributed by atoms with van der Waals surface area (Å²) in [7, 11) is 4.27. The van der Waals surface area contributed by atoms with Crippen molar-refractivity contribution >= 4 is 22.3 Å². The molecule has 7 rings (SSSR count). The lowest BCUT2D eigenvalue weighted by atomic mass is 9.76. The molecule has 8 nitrogen and oxygen atoms in total. The molecule has 38 heavy (non-hydrogen) atoms. The number of anilines is 2. The van der Waals surface area contributed by atoms with Gasteiger partial charge in [0.2, 0.25) is 5.88 Å². The number of aromatic nitrogens is 2. The van der Waals surface area contributed by atoms with Crippen LogP contribution in [0.15, 0.2) is 30.6 Å². The zero-order valence-corrected chi connectivity index (χ0v) is 22.2. The Morgan fingerprint density at radius 3 is 2.66 bits per heavy atom. The largest absolute Gasteiger partial charge is 0.490 e. The Labute approximate surface area is 222 Å². The zero-order valence-electron chi connectivity index (χ0n) is 22.2. The van der Waals surface area contributed by atoms with E-state index in [0.29, 0.717) is 41.5 Å². The number of likely N-dealkylation sites (N-methyl/N-ethyl adjacent to an activating group) is 1. The molecule has 4 aliphatic rings. The Morgan fingerprint density at radius 2 is 1.92 bits per heavy atom. The average Bonchev–Trinajstić information content (AvgIpc) is 3.15. The van der Waals surface area contributed by atoms with E-state index in [4.69, 9.17) is 9.47 Å². The SMILES string of the molecule is CN1CCN(CCCOc2ccc(-c3c(F)cc4ncc5c6c4c3OCC3(CCC3)N6CN5C)cn2)CC1. The molecule has 1 saturated carbocycles. The highest BCUT2D eigenvalue weighted by Crippen LogP contribution is 2.55. The number of benzene rings is 1. The minimum Gasteiger partial charge on any atom is -0.490 e. The van der Waals surface area contributed by atoms with Gasteiger partial charge in [0.15, 0.2) is 0 Å². The lowest BCUT2D eigenvalue weighted by Crippen LogP contribution is -2.57. The van der Waals surface area contributed by atoms with Gasteiger partial charge in [0.25, 0.3) is 0 Å². The van der Waals surface area contributed by atoms with E-state index < -0.39 is 0 Å². The molecule has 5 heterocycles. The molecular weight excluding hydrogens is 483 g/mol.